The van der Waals surface area contributed by atoms with Crippen LogP contribution in [0.5, 0.6) is 0 Å². The smallest absolute Gasteiger partial charge is 1.00 e. The molecule has 0 bridgehead atoms. The zero-order valence-electron chi connectivity index (χ0n) is 42.0. The summed E-state index contributed by atoms with van der Waals surface area (Å²) in [5, 5.41) is 0. The monoisotopic (exact) mass is 1100 g/mol. The van der Waals surface area contributed by atoms with Crippen molar-refractivity contribution in [3.63, 3.8) is 0 Å². The number of halogens is 2. The van der Waals surface area contributed by atoms with Crippen molar-refractivity contribution >= 4 is 33.2 Å². The molecule has 0 saturated heterocycles. The topological polar surface area (TPSA) is 0 Å². The number of aryl methyl sites for hydroxylation is 4. The van der Waals surface area contributed by atoms with Crippen LogP contribution in [0.4, 0.5) is 0 Å². The molecule has 0 radical (unpaired) electrons. The van der Waals surface area contributed by atoms with Gasteiger partial charge < -0.3 is 24.8 Å². The van der Waals surface area contributed by atoms with E-state index in [0.717, 1.165) is 51.4 Å². The number of hydrogen-bond donors (Lipinski definition) is 0. The normalized spacial score (nSPS) is 13.8. The summed E-state index contributed by atoms with van der Waals surface area (Å²) in [5.41, 5.74) is 22.5. The van der Waals surface area contributed by atoms with E-state index in [1.54, 1.807) is 46.7 Å². The minimum atomic E-state index is 0. The third-order valence-electron chi connectivity index (χ3n) is 10.8. The van der Waals surface area contributed by atoms with Gasteiger partial charge in [-0.25, -0.2) is 46.6 Å². The van der Waals surface area contributed by atoms with Crippen molar-refractivity contribution < 1.29 is 71.5 Å². The Labute approximate surface area is 445 Å². The summed E-state index contributed by atoms with van der Waals surface area (Å²) in [6.45, 7) is 26.5. The number of allylic oxidation sites excluding steroid dienone is 16. The van der Waals surface area contributed by atoms with Crippen molar-refractivity contribution in [1.82, 2.24) is 0 Å². The van der Waals surface area contributed by atoms with E-state index >= 15 is 0 Å². The average Bonchev–Trinajstić information content (AvgIpc) is 4.13. The van der Waals surface area contributed by atoms with Crippen molar-refractivity contribution in [2.45, 2.75) is 133 Å². The third-order valence-corrected chi connectivity index (χ3v) is 10.8. The summed E-state index contributed by atoms with van der Waals surface area (Å²) in [4.78, 5) is 0. The fraction of sp³-hybridized carbons (Fsp3) is 0.333. The molecule has 0 fully saturated rings. The van der Waals surface area contributed by atoms with Crippen LogP contribution in [0.3, 0.4) is 0 Å². The van der Waals surface area contributed by atoms with Gasteiger partial charge in [0.1, 0.15) is 0 Å². The van der Waals surface area contributed by atoms with Gasteiger partial charge in [-0.15, -0.1) is 48.0 Å². The van der Waals surface area contributed by atoms with Crippen LogP contribution in [0.2, 0.25) is 26.2 Å². The van der Waals surface area contributed by atoms with E-state index in [2.05, 4.69) is 227 Å². The standard InChI is InChI=1S/4C14H15.2C2H6Si.2ClH.2Zr/c4*1-3-12-6-4-5-7-14(12)13-9-8-11(2)10-13;2*1-3-2;;;;/h4*4-7,10H,3,9H2,1-2H3;2*1-2H3;2*1H;;/q4*-1;;;;;2*+2/p-2. The first kappa shape index (κ1) is 61.6. The van der Waals surface area contributed by atoms with Gasteiger partial charge in [-0.3, -0.25) is 24.3 Å². The summed E-state index contributed by atoms with van der Waals surface area (Å²) < 4.78 is 0. The number of rotatable bonds is 8. The SMILES string of the molecule is CCc1ccccc1C1=CC(C)=[C-]C1.CCc1ccccc1C1=CC(C)=[C-]C1.CCc1ccccc1C1=CC(C)=[C-]C1.CCc1ccccc1C1=CC(C)=[C-]C1.C[Si](C)=[Zr+2].C[Si](C)=[Zr+2].[Cl-].[Cl-]. The Hall–Kier alpha value is -2.42. The van der Waals surface area contributed by atoms with Crippen LogP contribution >= 0.6 is 0 Å². The Morgan fingerprint density at radius 2 is 0.530 bits per heavy atom. The van der Waals surface area contributed by atoms with Crippen molar-refractivity contribution in [2.75, 3.05) is 0 Å². The summed E-state index contributed by atoms with van der Waals surface area (Å²) in [6.07, 6.45) is 30.7. The largest absolute Gasteiger partial charge is 1.00 e. The van der Waals surface area contributed by atoms with E-state index < -0.39 is 0 Å². The summed E-state index contributed by atoms with van der Waals surface area (Å²) >= 11 is 3.48. The van der Waals surface area contributed by atoms with Gasteiger partial charge in [-0.2, -0.15) is 0 Å². The van der Waals surface area contributed by atoms with Crippen LogP contribution in [0.25, 0.3) is 22.3 Å². The molecular formula is C60H72Cl2Si2Zr2-2. The predicted octanol–water partition coefficient (Wildman–Crippen LogP) is 10.7. The fourth-order valence-corrected chi connectivity index (χ4v) is 7.65. The van der Waals surface area contributed by atoms with Gasteiger partial charge in [0.15, 0.2) is 0 Å². The first-order valence-corrected chi connectivity index (χ1v) is 35.6. The molecule has 344 valence electrons. The van der Waals surface area contributed by atoms with Crippen molar-refractivity contribution in [1.29, 1.82) is 0 Å². The van der Waals surface area contributed by atoms with E-state index in [4.69, 9.17) is 0 Å². The van der Waals surface area contributed by atoms with E-state index in [0.29, 0.717) is 0 Å². The van der Waals surface area contributed by atoms with Gasteiger partial charge in [0.05, 0.1) is 0 Å². The van der Waals surface area contributed by atoms with Crippen LogP contribution in [0.1, 0.15) is 126 Å². The molecule has 0 unspecified atom stereocenters. The summed E-state index contributed by atoms with van der Waals surface area (Å²) in [7, 11) is 0. The van der Waals surface area contributed by atoms with E-state index in [1.807, 2.05) is 0 Å². The van der Waals surface area contributed by atoms with Gasteiger partial charge in [-0.1, -0.05) is 152 Å². The zero-order chi connectivity index (χ0) is 47.0. The van der Waals surface area contributed by atoms with Crippen LogP contribution < -0.4 is 24.8 Å². The molecule has 0 saturated carbocycles. The molecule has 0 aliphatic heterocycles. The number of benzene rings is 4. The molecule has 66 heavy (non-hydrogen) atoms. The van der Waals surface area contributed by atoms with Gasteiger partial charge in [-0.05, 0) is 70.2 Å². The zero-order valence-corrected chi connectivity index (χ0v) is 50.4. The third kappa shape index (κ3) is 21.9. The summed E-state index contributed by atoms with van der Waals surface area (Å²) in [6, 6.07) is 34.6. The molecule has 0 spiro atoms. The Bertz CT molecular complexity index is 2120. The van der Waals surface area contributed by atoms with Gasteiger partial charge in [0.2, 0.25) is 0 Å². The van der Waals surface area contributed by atoms with Crippen molar-refractivity contribution in [3.8, 4) is 0 Å². The first-order chi connectivity index (χ1) is 30.7. The Morgan fingerprint density at radius 1 is 0.364 bits per heavy atom. The van der Waals surface area contributed by atoms with Crippen LogP contribution in [-0.2, 0) is 72.4 Å². The minimum absolute atomic E-state index is 0. The molecule has 0 heterocycles. The molecule has 0 atom stereocenters. The predicted molar refractivity (Wildman–Crippen MR) is 278 cm³/mol. The average molecular weight is 1100 g/mol. The molecule has 8 rings (SSSR count). The second kappa shape index (κ2) is 34.0. The minimum Gasteiger partial charge on any atom is -1.00 e. The molecule has 0 N–H and O–H groups in total. The molecule has 0 amide bonds. The maximum Gasteiger partial charge on any atom is -1.00 e. The Kier molecular flexibility index (Phi) is 31.7. The quantitative estimate of drug-likeness (QED) is 0.122. The van der Waals surface area contributed by atoms with Crippen molar-refractivity contribution in [3.05, 3.63) is 212 Å². The number of hydrogen-bond acceptors (Lipinski definition) is 0. The maximum atomic E-state index is 3.34. The molecule has 4 aromatic carbocycles. The first-order valence-electron chi connectivity index (χ1n) is 23.2. The van der Waals surface area contributed by atoms with Gasteiger partial charge in [0.25, 0.3) is 0 Å². The molecule has 4 aromatic rings. The molecule has 4 aliphatic rings. The van der Waals surface area contributed by atoms with Gasteiger partial charge in [0, 0.05) is 0 Å². The van der Waals surface area contributed by atoms with E-state index in [-0.39, 0.29) is 35.7 Å². The molecule has 0 nitrogen and oxygen atoms in total. The molecule has 6 heteroatoms. The summed E-state index contributed by atoms with van der Waals surface area (Å²) in [5.74, 6) is 0. The van der Waals surface area contributed by atoms with Crippen LogP contribution in [-0.4, -0.2) is 10.9 Å². The maximum absolute atomic E-state index is 3.34. The van der Waals surface area contributed by atoms with Crippen LogP contribution in [0.15, 0.2) is 144 Å². The Balaban J connectivity index is 0.000000413. The molecule has 0 aromatic heterocycles. The van der Waals surface area contributed by atoms with E-state index in [9.17, 15) is 0 Å². The second-order valence-corrected chi connectivity index (χ2v) is 35.6. The van der Waals surface area contributed by atoms with Crippen molar-refractivity contribution in [2.24, 2.45) is 0 Å². The fourth-order valence-electron chi connectivity index (χ4n) is 7.65. The molecular weight excluding hydrogens is 1030 g/mol. The molecule has 4 aliphatic carbocycles. The Morgan fingerprint density at radius 3 is 0.667 bits per heavy atom. The van der Waals surface area contributed by atoms with Crippen LogP contribution in [0, 0.1) is 24.3 Å². The second-order valence-electron chi connectivity index (χ2n) is 16.9. The van der Waals surface area contributed by atoms with Gasteiger partial charge >= 0.3 is 83.7 Å². The van der Waals surface area contributed by atoms with E-state index in [1.165, 1.54) is 89.1 Å².